The molecule has 64 heavy (non-hydrogen) atoms. The molecular formula is C42H52N14O6S2. The molecule has 4 N–H and O–H groups in total. The highest BCUT2D eigenvalue weighted by atomic mass is 32.2. The summed E-state index contributed by atoms with van der Waals surface area (Å²) in [4.78, 5) is 29.3. The zero-order valence-corrected chi connectivity index (χ0v) is 35.6. The van der Waals surface area contributed by atoms with Gasteiger partial charge in [-0.1, -0.05) is 34.1 Å². The van der Waals surface area contributed by atoms with Crippen LogP contribution >= 0.6 is 0 Å². The lowest BCUT2D eigenvalue weighted by atomic mass is 10.1. The van der Waals surface area contributed by atoms with Crippen LogP contribution in [0.1, 0.15) is 53.4 Å². The van der Waals surface area contributed by atoms with Crippen molar-refractivity contribution in [3.63, 3.8) is 0 Å². The first-order chi connectivity index (χ1) is 29.7. The van der Waals surface area contributed by atoms with E-state index in [0.29, 0.717) is 35.3 Å². The topological polar surface area (TPSA) is 252 Å². The van der Waals surface area contributed by atoms with Crippen molar-refractivity contribution in [2.45, 2.75) is 69.7 Å². The van der Waals surface area contributed by atoms with Crippen LogP contribution in [-0.4, -0.2) is 94.3 Å². The highest BCUT2D eigenvalue weighted by molar-refractivity contribution is 7.91. The van der Waals surface area contributed by atoms with Gasteiger partial charge in [0.05, 0.1) is 50.8 Å². The van der Waals surface area contributed by atoms with Crippen molar-refractivity contribution in [3.05, 3.63) is 104 Å². The third kappa shape index (κ3) is 12.1. The molecule has 0 unspecified atom stereocenters. The molecule has 0 radical (unpaired) electrons. The number of fused-ring (bicyclic) bond motifs is 2. The lowest BCUT2D eigenvalue weighted by Crippen LogP contribution is -2.17. The molecule has 22 heteroatoms. The number of nitrogens with one attached hydrogen (secondary N) is 3. The smallest absolute Gasteiger partial charge is 0.243 e. The Balaban J connectivity index is 0.000000244. The average molecular weight is 913 g/mol. The minimum absolute atomic E-state index is 0. The van der Waals surface area contributed by atoms with Crippen LogP contribution in [0.15, 0.2) is 114 Å². The molecule has 0 aliphatic carbocycles. The second-order valence-corrected chi connectivity index (χ2v) is 18.4. The van der Waals surface area contributed by atoms with Crippen LogP contribution in [0, 0.1) is 0 Å². The van der Waals surface area contributed by atoms with Crippen molar-refractivity contribution in [1.82, 2.24) is 59.3 Å². The Morgan fingerprint density at radius 3 is 1.81 bits per heavy atom. The van der Waals surface area contributed by atoms with E-state index in [1.54, 1.807) is 94.4 Å². The van der Waals surface area contributed by atoms with Crippen molar-refractivity contribution in [1.29, 1.82) is 0 Å². The molecule has 6 heterocycles. The molecule has 0 bridgehead atoms. The number of carbonyl (C=O) groups is 1. The second kappa shape index (κ2) is 20.9. The molecule has 2 aromatic carbocycles. The van der Waals surface area contributed by atoms with Gasteiger partial charge in [0.25, 0.3) is 0 Å². The Hall–Kier alpha value is -7.04. The Kier molecular flexibility index (Phi) is 15.7. The van der Waals surface area contributed by atoms with Crippen LogP contribution in [0.4, 0.5) is 23.3 Å². The number of hydrogen-bond acceptors (Lipinski definition) is 15. The molecule has 20 nitrogen and oxygen atoms in total. The molecule has 338 valence electrons. The van der Waals surface area contributed by atoms with Crippen molar-refractivity contribution in [2.24, 2.45) is 7.05 Å². The van der Waals surface area contributed by atoms with E-state index in [2.05, 4.69) is 45.9 Å². The number of benzene rings is 2. The maximum Gasteiger partial charge on any atom is 0.243 e. The maximum atomic E-state index is 11.7. The summed E-state index contributed by atoms with van der Waals surface area (Å²) < 4.78 is 53.8. The molecule has 0 saturated carbocycles. The molecule has 0 spiro atoms. The summed E-state index contributed by atoms with van der Waals surface area (Å²) in [6.07, 6.45) is 21.5. The lowest BCUT2D eigenvalue weighted by molar-refractivity contribution is -0.129. The van der Waals surface area contributed by atoms with Crippen LogP contribution in [0.2, 0.25) is 0 Å². The number of rotatable bonds is 16. The number of aryl methyl sites for hydroxylation is 2. The molecular weight excluding hydrogens is 861 g/mol. The maximum absolute atomic E-state index is 11.7. The van der Waals surface area contributed by atoms with E-state index in [1.165, 1.54) is 12.5 Å². The van der Waals surface area contributed by atoms with E-state index in [4.69, 9.17) is 5.21 Å². The zero-order valence-electron chi connectivity index (χ0n) is 34.0. The monoisotopic (exact) mass is 912 g/mol. The van der Waals surface area contributed by atoms with E-state index in [0.717, 1.165) is 66.5 Å². The predicted octanol–water partition coefficient (Wildman–Crippen LogP) is 6.58. The van der Waals surface area contributed by atoms with Crippen molar-refractivity contribution < 1.29 is 26.8 Å². The Morgan fingerprint density at radius 1 is 0.641 bits per heavy atom. The number of aromatic nitrogens is 11. The molecule has 0 aliphatic heterocycles. The fraction of sp³-hybridized carbons (Fsp3) is 0.286. The molecule has 6 aromatic heterocycles. The fourth-order valence-corrected chi connectivity index (χ4v) is 7.64. The number of nitrogens with zero attached hydrogens (tertiary/aromatic N) is 11. The quantitative estimate of drug-likeness (QED) is 0.0454. The van der Waals surface area contributed by atoms with Crippen molar-refractivity contribution in [2.75, 3.05) is 23.1 Å². The molecule has 8 rings (SSSR count). The second-order valence-electron chi connectivity index (χ2n) is 14.4. The van der Waals surface area contributed by atoms with Crippen LogP contribution in [0.3, 0.4) is 0 Å². The minimum Gasteiger partial charge on any atom is -0.321 e. The third-order valence-corrected chi connectivity index (χ3v) is 11.8. The van der Waals surface area contributed by atoms with Gasteiger partial charge in [-0.25, -0.2) is 37.0 Å². The van der Waals surface area contributed by atoms with Gasteiger partial charge < -0.3 is 15.2 Å². The van der Waals surface area contributed by atoms with Gasteiger partial charge in [0.15, 0.2) is 25.3 Å². The summed E-state index contributed by atoms with van der Waals surface area (Å²) in [6, 6.07) is 15.1. The number of anilines is 4. The third-order valence-electron chi connectivity index (χ3n) is 9.55. The SMILES string of the molecule is C.C.CS(=O)(=O)c1ccc(-n2ccc3cnc(Nc4cnn(CCCCCCCC(=O)NO)c4)nc32)cc1.Cn1cc(Nc2ncc3cnn(-c4ccc(S(C)(=O)=O)cc4)c3n2)cn1. The summed E-state index contributed by atoms with van der Waals surface area (Å²) >= 11 is 0. The molecule has 0 saturated heterocycles. The van der Waals surface area contributed by atoms with E-state index in [-0.39, 0.29) is 30.6 Å². The Bertz CT molecular complexity index is 3030. The highest BCUT2D eigenvalue weighted by Gasteiger charge is 2.13. The van der Waals surface area contributed by atoms with Gasteiger partial charge in [-0.15, -0.1) is 0 Å². The number of amides is 1. The van der Waals surface area contributed by atoms with E-state index < -0.39 is 19.7 Å². The lowest BCUT2D eigenvalue weighted by Gasteiger charge is -2.07. The summed E-state index contributed by atoms with van der Waals surface area (Å²) in [7, 11) is -4.68. The number of unbranched alkanes of at least 4 members (excludes halogenated alkanes) is 4. The largest absolute Gasteiger partial charge is 0.321 e. The van der Waals surface area contributed by atoms with E-state index in [1.807, 2.05) is 41.0 Å². The molecule has 0 fully saturated rings. The number of hydroxylamine groups is 1. The molecule has 1 amide bonds. The minimum atomic E-state index is -3.26. The van der Waals surface area contributed by atoms with Gasteiger partial charge >= 0.3 is 0 Å². The number of sulfone groups is 2. The van der Waals surface area contributed by atoms with Gasteiger partial charge in [-0.2, -0.15) is 25.3 Å². The number of hydrogen-bond donors (Lipinski definition) is 4. The molecule has 0 atom stereocenters. The van der Waals surface area contributed by atoms with Crippen LogP contribution in [0.25, 0.3) is 33.4 Å². The fourth-order valence-electron chi connectivity index (χ4n) is 6.38. The van der Waals surface area contributed by atoms with Crippen LogP contribution in [-0.2, 0) is 38.1 Å². The van der Waals surface area contributed by atoms with Crippen LogP contribution in [0.5, 0.6) is 0 Å². The standard InChI is InChI=1S/C24H29N7O4S.C16H15N7O2S.2CH4/c1-36(34,35)21-10-8-20(9-11-21)31-14-12-18-15-25-24(28-23(18)31)27-19-16-26-30(17-19)13-6-4-2-3-5-7-22(32)29-33;1-22-10-12(9-18-22)20-16-17-7-11-8-19-23(15(11)21-16)13-3-5-14(6-4-13)26(2,24)25;;/h8-12,14-17,33H,2-7,13H2,1H3,(H,29,32)(H,25,27,28);3-10H,1-2H3,(H,17,20,21);2*1H4. The first-order valence-corrected chi connectivity index (χ1v) is 23.2. The first-order valence-electron chi connectivity index (χ1n) is 19.4. The van der Waals surface area contributed by atoms with Gasteiger partial charge in [-0.05, 0) is 67.4 Å². The Morgan fingerprint density at radius 2 is 1.20 bits per heavy atom. The van der Waals surface area contributed by atoms with Gasteiger partial charge in [-0.3, -0.25) is 19.4 Å². The number of carbonyl (C=O) groups excluding carboxylic acids is 1. The van der Waals surface area contributed by atoms with E-state index in [9.17, 15) is 21.6 Å². The summed E-state index contributed by atoms with van der Waals surface area (Å²) in [6.45, 7) is 0.783. The highest BCUT2D eigenvalue weighted by Crippen LogP contribution is 2.23. The normalized spacial score (nSPS) is 11.3. The van der Waals surface area contributed by atoms with Gasteiger partial charge in [0.2, 0.25) is 17.8 Å². The Labute approximate surface area is 371 Å². The molecule has 0 aliphatic rings. The summed E-state index contributed by atoms with van der Waals surface area (Å²) in [5, 5.41) is 29.2. The van der Waals surface area contributed by atoms with Crippen molar-refractivity contribution in [3.8, 4) is 11.4 Å². The zero-order chi connectivity index (χ0) is 43.9. The molecule has 8 aromatic rings. The van der Waals surface area contributed by atoms with Gasteiger partial charge in [0, 0.05) is 74.6 Å². The first kappa shape index (κ1) is 48.0. The average Bonchev–Trinajstić information content (AvgIpc) is 4.07. The summed E-state index contributed by atoms with van der Waals surface area (Å²) in [5.41, 5.74) is 6.01. The van der Waals surface area contributed by atoms with Gasteiger partial charge in [0.1, 0.15) is 5.65 Å². The van der Waals surface area contributed by atoms with E-state index >= 15 is 0 Å². The van der Waals surface area contributed by atoms with Crippen molar-refractivity contribution >= 4 is 70.9 Å². The summed E-state index contributed by atoms with van der Waals surface area (Å²) in [5.74, 6) is 0.507. The van der Waals surface area contributed by atoms with Crippen LogP contribution < -0.4 is 16.1 Å². The predicted molar refractivity (Wildman–Crippen MR) is 245 cm³/mol.